The van der Waals surface area contributed by atoms with Crippen LogP contribution in [-0.2, 0) is 16.1 Å². The van der Waals surface area contributed by atoms with Crippen molar-refractivity contribution < 1.29 is 14.3 Å². The van der Waals surface area contributed by atoms with E-state index in [0.717, 1.165) is 5.56 Å². The van der Waals surface area contributed by atoms with Crippen molar-refractivity contribution in [3.8, 4) is 0 Å². The number of nitrogens with zero attached hydrogens (tertiary/aromatic N) is 1. The summed E-state index contributed by atoms with van der Waals surface area (Å²) in [6, 6.07) is 8.65. The Balaban J connectivity index is 0.00000242. The number of benzene rings is 1. The Bertz CT molecular complexity index is 536. The summed E-state index contributed by atoms with van der Waals surface area (Å²) in [6.45, 7) is 0.675. The molecule has 0 saturated carbocycles. The van der Waals surface area contributed by atoms with Crippen LogP contribution in [0.4, 0.5) is 4.79 Å². The van der Waals surface area contributed by atoms with E-state index in [9.17, 15) is 9.59 Å². The van der Waals surface area contributed by atoms with Gasteiger partial charge in [0.1, 0.15) is 12.6 Å². The van der Waals surface area contributed by atoms with Crippen molar-refractivity contribution in [2.24, 2.45) is 10.7 Å². The number of halogens is 1. The summed E-state index contributed by atoms with van der Waals surface area (Å²) in [5.41, 5.74) is 6.38. The topological polar surface area (TPSA) is 106 Å². The molecule has 0 bridgehead atoms. The minimum absolute atomic E-state index is 0. The Morgan fingerprint density at radius 3 is 2.86 bits per heavy atom. The zero-order valence-electron chi connectivity index (χ0n) is 12.0. The Kier molecular flexibility index (Phi) is 7.18. The van der Waals surface area contributed by atoms with Gasteiger partial charge in [0.2, 0.25) is 5.91 Å². The third-order valence-corrected chi connectivity index (χ3v) is 3.01. The molecular formula is C14H19ClN4O3. The number of ether oxygens (including phenoxy) is 1. The van der Waals surface area contributed by atoms with Crippen molar-refractivity contribution in [3.05, 3.63) is 35.9 Å². The molecule has 0 unspecified atom stereocenters. The second-order valence-corrected chi connectivity index (χ2v) is 4.66. The van der Waals surface area contributed by atoms with Gasteiger partial charge in [-0.2, -0.15) is 0 Å². The lowest BCUT2D eigenvalue weighted by atomic mass is 10.1. The maximum atomic E-state index is 11.8. The molecule has 0 saturated heterocycles. The predicted octanol–water partition coefficient (Wildman–Crippen LogP) is 0.928. The minimum atomic E-state index is -0.665. The summed E-state index contributed by atoms with van der Waals surface area (Å²) in [5.74, 6) is -0.309. The molecule has 120 valence electrons. The number of carbonyl (C=O) groups is 2. The highest BCUT2D eigenvalue weighted by Crippen LogP contribution is 2.04. The van der Waals surface area contributed by atoms with E-state index in [1.54, 1.807) is 0 Å². The number of carbonyl (C=O) groups excluding carboxylic acids is 2. The number of hydrogen-bond acceptors (Lipinski definition) is 5. The molecule has 1 aromatic carbocycles. The van der Waals surface area contributed by atoms with Crippen LogP contribution >= 0.6 is 12.4 Å². The first-order valence-electron chi connectivity index (χ1n) is 6.73. The first-order chi connectivity index (χ1) is 10.1. The largest absolute Gasteiger partial charge is 0.445 e. The van der Waals surface area contributed by atoms with Gasteiger partial charge in [-0.25, -0.2) is 4.79 Å². The number of nitrogens with two attached hydrogens (primary N) is 1. The lowest BCUT2D eigenvalue weighted by Crippen LogP contribution is -2.51. The third-order valence-electron chi connectivity index (χ3n) is 3.01. The number of aliphatic imine (C=N–C) groups is 1. The third kappa shape index (κ3) is 5.61. The average Bonchev–Trinajstić information content (AvgIpc) is 2.48. The molecule has 0 fully saturated rings. The quantitative estimate of drug-likeness (QED) is 0.768. The van der Waals surface area contributed by atoms with E-state index < -0.39 is 12.1 Å². The Morgan fingerprint density at radius 1 is 1.41 bits per heavy atom. The van der Waals surface area contributed by atoms with E-state index in [2.05, 4.69) is 15.6 Å². The summed E-state index contributed by atoms with van der Waals surface area (Å²) in [7, 11) is 0. The predicted molar refractivity (Wildman–Crippen MR) is 84.7 cm³/mol. The molecule has 1 aliphatic rings. The van der Waals surface area contributed by atoms with Gasteiger partial charge in [0.05, 0.1) is 0 Å². The lowest BCUT2D eigenvalue weighted by Gasteiger charge is -2.19. The number of guanidine groups is 1. The van der Waals surface area contributed by atoms with E-state index in [1.807, 2.05) is 30.3 Å². The molecule has 1 atom stereocenters. The molecule has 7 nitrogen and oxygen atoms in total. The molecule has 1 aromatic rings. The number of hydrogen-bond donors (Lipinski definition) is 3. The maximum absolute atomic E-state index is 11.8. The van der Waals surface area contributed by atoms with Crippen LogP contribution < -0.4 is 16.4 Å². The van der Waals surface area contributed by atoms with Crippen molar-refractivity contribution >= 4 is 30.4 Å². The van der Waals surface area contributed by atoms with Crippen molar-refractivity contribution in [2.45, 2.75) is 25.5 Å². The first kappa shape index (κ1) is 17.8. The number of alkyl carbamates (subject to hydrolysis) is 1. The fraction of sp³-hybridized carbons (Fsp3) is 0.357. The molecule has 0 aliphatic carbocycles. The van der Waals surface area contributed by atoms with Gasteiger partial charge in [-0.05, 0) is 18.4 Å². The van der Waals surface area contributed by atoms with E-state index >= 15 is 0 Å². The molecule has 0 spiro atoms. The second kappa shape index (κ2) is 8.89. The van der Waals surface area contributed by atoms with Crippen LogP contribution in [0.25, 0.3) is 0 Å². The van der Waals surface area contributed by atoms with E-state index in [-0.39, 0.29) is 30.9 Å². The Morgan fingerprint density at radius 2 is 2.14 bits per heavy atom. The number of nitrogens with one attached hydrogen (secondary N) is 2. The van der Waals surface area contributed by atoms with Crippen LogP contribution in [-0.4, -0.2) is 30.5 Å². The van der Waals surface area contributed by atoms with Crippen LogP contribution in [0.15, 0.2) is 35.3 Å². The highest BCUT2D eigenvalue weighted by Gasteiger charge is 2.23. The van der Waals surface area contributed by atoms with Crippen LogP contribution in [0.2, 0.25) is 0 Å². The van der Waals surface area contributed by atoms with Gasteiger partial charge in [0, 0.05) is 6.54 Å². The highest BCUT2D eigenvalue weighted by molar-refractivity contribution is 5.99. The van der Waals surface area contributed by atoms with E-state index in [4.69, 9.17) is 10.5 Å². The standard InChI is InChI=1S/C14H18N4O3.ClH/c15-13-16-8-4-7-11(12(19)18-13)17-14(20)21-9-10-5-2-1-3-6-10;/h1-3,5-6,11H,4,7-9H2,(H,17,20)(H3,15,16,18,19);1H/t11-;/m0./s1. The van der Waals surface area contributed by atoms with Gasteiger partial charge < -0.3 is 15.8 Å². The van der Waals surface area contributed by atoms with Crippen LogP contribution in [0.5, 0.6) is 0 Å². The number of amides is 2. The summed E-state index contributed by atoms with van der Waals surface area (Å²) in [5, 5.41) is 4.97. The van der Waals surface area contributed by atoms with Crippen molar-refractivity contribution in [1.82, 2.24) is 10.6 Å². The van der Waals surface area contributed by atoms with Crippen molar-refractivity contribution in [2.75, 3.05) is 6.54 Å². The smallest absolute Gasteiger partial charge is 0.408 e. The highest BCUT2D eigenvalue weighted by atomic mass is 35.5. The SMILES string of the molecule is Cl.NC1=NCCC[C@H](NC(=O)OCc2ccccc2)C(=O)N1. The first-order valence-corrected chi connectivity index (χ1v) is 6.73. The molecule has 22 heavy (non-hydrogen) atoms. The Hall–Kier alpha value is -2.28. The minimum Gasteiger partial charge on any atom is -0.445 e. The monoisotopic (exact) mass is 326 g/mol. The van der Waals surface area contributed by atoms with Gasteiger partial charge in [-0.3, -0.25) is 15.1 Å². The van der Waals surface area contributed by atoms with Gasteiger partial charge in [0.25, 0.3) is 0 Å². The van der Waals surface area contributed by atoms with Gasteiger partial charge in [-0.1, -0.05) is 30.3 Å². The maximum Gasteiger partial charge on any atom is 0.408 e. The molecule has 2 amide bonds. The van der Waals surface area contributed by atoms with Crippen molar-refractivity contribution in [3.63, 3.8) is 0 Å². The molecule has 1 heterocycles. The van der Waals surface area contributed by atoms with Gasteiger partial charge in [-0.15, -0.1) is 12.4 Å². The molecular weight excluding hydrogens is 308 g/mol. The van der Waals surface area contributed by atoms with Gasteiger partial charge in [0.15, 0.2) is 5.96 Å². The second-order valence-electron chi connectivity index (χ2n) is 4.66. The number of rotatable bonds is 3. The van der Waals surface area contributed by atoms with Crippen LogP contribution in [0, 0.1) is 0 Å². The molecule has 2 rings (SSSR count). The zero-order valence-corrected chi connectivity index (χ0v) is 12.8. The fourth-order valence-corrected chi connectivity index (χ4v) is 1.92. The molecule has 4 N–H and O–H groups in total. The van der Waals surface area contributed by atoms with Crippen molar-refractivity contribution in [1.29, 1.82) is 0 Å². The molecule has 8 heteroatoms. The molecule has 1 aliphatic heterocycles. The fourth-order valence-electron chi connectivity index (χ4n) is 1.92. The Labute approximate surface area is 134 Å². The summed E-state index contributed by atoms with van der Waals surface area (Å²) < 4.78 is 5.09. The van der Waals surface area contributed by atoms with E-state index in [0.29, 0.717) is 19.4 Å². The molecule has 0 radical (unpaired) electrons. The van der Waals surface area contributed by atoms with Gasteiger partial charge >= 0.3 is 6.09 Å². The zero-order chi connectivity index (χ0) is 15.1. The summed E-state index contributed by atoms with van der Waals surface area (Å²) in [6.07, 6.45) is 0.524. The summed E-state index contributed by atoms with van der Waals surface area (Å²) >= 11 is 0. The van der Waals surface area contributed by atoms with E-state index in [1.165, 1.54) is 0 Å². The average molecular weight is 327 g/mol. The normalized spacial score (nSPS) is 17.9. The van der Waals surface area contributed by atoms with Crippen LogP contribution in [0.1, 0.15) is 18.4 Å². The van der Waals surface area contributed by atoms with Crippen LogP contribution in [0.3, 0.4) is 0 Å². The lowest BCUT2D eigenvalue weighted by molar-refractivity contribution is -0.121. The summed E-state index contributed by atoms with van der Waals surface area (Å²) in [4.78, 5) is 27.5. The molecule has 0 aromatic heterocycles.